The van der Waals surface area contributed by atoms with Gasteiger partial charge in [-0.05, 0) is 47.4 Å². The largest absolute Gasteiger partial charge is 0.490 e. The third kappa shape index (κ3) is 3.75. The molecule has 0 radical (unpaired) electrons. The molecular formula is C15H18BrNO2S. The summed E-state index contributed by atoms with van der Waals surface area (Å²) in [5.41, 5.74) is 1.10. The minimum atomic E-state index is 0.541. The van der Waals surface area contributed by atoms with E-state index >= 15 is 0 Å². The molecule has 2 rings (SSSR count). The van der Waals surface area contributed by atoms with Gasteiger partial charge in [0.1, 0.15) is 6.61 Å². The van der Waals surface area contributed by atoms with Crippen LogP contribution in [0.3, 0.4) is 0 Å². The Balaban J connectivity index is 2.20. The van der Waals surface area contributed by atoms with Crippen LogP contribution < -0.4 is 14.8 Å². The molecule has 0 bridgehead atoms. The van der Waals surface area contributed by atoms with Crippen molar-refractivity contribution in [3.05, 3.63) is 44.6 Å². The molecule has 0 unspecified atom stereocenters. The highest BCUT2D eigenvalue weighted by molar-refractivity contribution is 9.10. The van der Waals surface area contributed by atoms with Gasteiger partial charge in [-0.15, -0.1) is 11.3 Å². The Morgan fingerprint density at radius 3 is 2.75 bits per heavy atom. The molecule has 0 saturated carbocycles. The van der Waals surface area contributed by atoms with Gasteiger partial charge < -0.3 is 14.8 Å². The Labute approximate surface area is 132 Å². The first-order chi connectivity index (χ1) is 9.76. The summed E-state index contributed by atoms with van der Waals surface area (Å²) in [5, 5.41) is 5.20. The molecule has 108 valence electrons. The predicted octanol–water partition coefficient (Wildman–Crippen LogP) is 4.21. The molecule has 0 amide bonds. The second kappa shape index (κ2) is 7.67. The van der Waals surface area contributed by atoms with Crippen molar-refractivity contribution in [3.8, 4) is 11.5 Å². The Morgan fingerprint density at radius 1 is 1.25 bits per heavy atom. The fraction of sp³-hybridized carbons (Fsp3) is 0.333. The first-order valence-electron chi connectivity index (χ1n) is 6.50. The SMILES string of the molecule is CCOc1cccc(CNC)c1OCc1sccc1Br. The van der Waals surface area contributed by atoms with Crippen LogP contribution in [0, 0.1) is 0 Å². The number of nitrogens with one attached hydrogen (secondary N) is 1. The third-order valence-electron chi connectivity index (χ3n) is 2.77. The standard InChI is InChI=1S/C15H18BrNO2S/c1-3-18-13-6-4-5-11(9-17-2)15(13)19-10-14-12(16)7-8-20-14/h4-8,17H,3,9-10H2,1-2H3. The normalized spacial score (nSPS) is 10.6. The van der Waals surface area contributed by atoms with Gasteiger partial charge >= 0.3 is 0 Å². The van der Waals surface area contributed by atoms with E-state index in [0.717, 1.165) is 28.1 Å². The van der Waals surface area contributed by atoms with Gasteiger partial charge in [0.15, 0.2) is 11.5 Å². The molecule has 0 aliphatic carbocycles. The highest BCUT2D eigenvalue weighted by Gasteiger charge is 2.12. The van der Waals surface area contributed by atoms with E-state index in [0.29, 0.717) is 13.2 Å². The smallest absolute Gasteiger partial charge is 0.166 e. The van der Waals surface area contributed by atoms with Crippen molar-refractivity contribution in [2.75, 3.05) is 13.7 Å². The van der Waals surface area contributed by atoms with Crippen molar-refractivity contribution >= 4 is 27.3 Å². The van der Waals surface area contributed by atoms with Gasteiger partial charge in [-0.2, -0.15) is 0 Å². The molecule has 0 spiro atoms. The van der Waals surface area contributed by atoms with Crippen molar-refractivity contribution in [1.82, 2.24) is 5.32 Å². The Hall–Kier alpha value is -1.04. The van der Waals surface area contributed by atoms with Crippen LogP contribution in [0.15, 0.2) is 34.1 Å². The average Bonchev–Trinajstić information content (AvgIpc) is 2.84. The molecule has 1 aromatic carbocycles. The van der Waals surface area contributed by atoms with Crippen molar-refractivity contribution < 1.29 is 9.47 Å². The number of hydrogen-bond acceptors (Lipinski definition) is 4. The molecule has 5 heteroatoms. The molecule has 0 aliphatic rings. The molecule has 1 N–H and O–H groups in total. The van der Waals surface area contributed by atoms with Crippen molar-refractivity contribution in [3.63, 3.8) is 0 Å². The fourth-order valence-corrected chi connectivity index (χ4v) is 3.27. The number of benzene rings is 1. The molecule has 1 aromatic heterocycles. The first kappa shape index (κ1) is 15.4. The fourth-order valence-electron chi connectivity index (χ4n) is 1.89. The Morgan fingerprint density at radius 2 is 2.10 bits per heavy atom. The molecule has 0 saturated heterocycles. The molecular weight excluding hydrogens is 338 g/mol. The van der Waals surface area contributed by atoms with E-state index in [9.17, 15) is 0 Å². The second-order valence-corrected chi connectivity index (χ2v) is 6.04. The highest BCUT2D eigenvalue weighted by atomic mass is 79.9. The van der Waals surface area contributed by atoms with E-state index < -0.39 is 0 Å². The van der Waals surface area contributed by atoms with Gasteiger partial charge in [0, 0.05) is 16.6 Å². The van der Waals surface area contributed by atoms with Crippen molar-refractivity contribution in [2.45, 2.75) is 20.1 Å². The van der Waals surface area contributed by atoms with E-state index in [1.54, 1.807) is 11.3 Å². The Kier molecular flexibility index (Phi) is 5.88. The lowest BCUT2D eigenvalue weighted by Crippen LogP contribution is -2.09. The van der Waals surface area contributed by atoms with Gasteiger partial charge in [-0.25, -0.2) is 0 Å². The number of rotatable bonds is 7. The number of hydrogen-bond donors (Lipinski definition) is 1. The zero-order valence-corrected chi connectivity index (χ0v) is 14.0. The molecule has 3 nitrogen and oxygen atoms in total. The summed E-state index contributed by atoms with van der Waals surface area (Å²) in [6, 6.07) is 8.02. The van der Waals surface area contributed by atoms with Gasteiger partial charge in [-0.1, -0.05) is 12.1 Å². The van der Waals surface area contributed by atoms with Crippen LogP contribution in [0.5, 0.6) is 11.5 Å². The van der Waals surface area contributed by atoms with E-state index in [1.807, 2.05) is 37.6 Å². The van der Waals surface area contributed by atoms with Gasteiger partial charge in [-0.3, -0.25) is 0 Å². The van der Waals surface area contributed by atoms with Crippen LogP contribution in [-0.2, 0) is 13.2 Å². The van der Waals surface area contributed by atoms with Crippen LogP contribution >= 0.6 is 27.3 Å². The van der Waals surface area contributed by atoms with Crippen LogP contribution in [0.4, 0.5) is 0 Å². The van der Waals surface area contributed by atoms with Crippen LogP contribution in [0.2, 0.25) is 0 Å². The number of thiophene rings is 1. The quantitative estimate of drug-likeness (QED) is 0.806. The molecule has 0 atom stereocenters. The average molecular weight is 356 g/mol. The van der Waals surface area contributed by atoms with Crippen molar-refractivity contribution in [2.24, 2.45) is 0 Å². The van der Waals surface area contributed by atoms with Crippen molar-refractivity contribution in [1.29, 1.82) is 0 Å². The zero-order valence-electron chi connectivity index (χ0n) is 11.6. The van der Waals surface area contributed by atoms with E-state index in [4.69, 9.17) is 9.47 Å². The first-order valence-corrected chi connectivity index (χ1v) is 8.17. The van der Waals surface area contributed by atoms with Gasteiger partial charge in [0.25, 0.3) is 0 Å². The lowest BCUT2D eigenvalue weighted by Gasteiger charge is -2.15. The summed E-state index contributed by atoms with van der Waals surface area (Å²) in [7, 11) is 1.92. The van der Waals surface area contributed by atoms with Gasteiger partial charge in [0.05, 0.1) is 11.5 Å². The number of ether oxygens (including phenoxy) is 2. The Bertz CT molecular complexity index is 532. The highest BCUT2D eigenvalue weighted by Crippen LogP contribution is 2.33. The molecule has 2 aromatic rings. The minimum absolute atomic E-state index is 0.541. The van der Waals surface area contributed by atoms with Crippen LogP contribution in [0.1, 0.15) is 17.4 Å². The molecule has 0 fully saturated rings. The predicted molar refractivity (Wildman–Crippen MR) is 86.7 cm³/mol. The summed E-state index contributed by atoms with van der Waals surface area (Å²) in [6.07, 6.45) is 0. The topological polar surface area (TPSA) is 30.5 Å². The summed E-state index contributed by atoms with van der Waals surface area (Å²) in [5.74, 6) is 1.62. The van der Waals surface area contributed by atoms with Gasteiger partial charge in [0.2, 0.25) is 0 Å². The monoisotopic (exact) mass is 355 g/mol. The van der Waals surface area contributed by atoms with E-state index in [2.05, 4.69) is 27.3 Å². The second-order valence-electron chi connectivity index (χ2n) is 4.19. The molecule has 1 heterocycles. The lowest BCUT2D eigenvalue weighted by atomic mass is 10.2. The summed E-state index contributed by atoms with van der Waals surface area (Å²) >= 11 is 5.20. The maximum absolute atomic E-state index is 6.01. The zero-order chi connectivity index (χ0) is 14.4. The maximum atomic E-state index is 6.01. The number of para-hydroxylation sites is 1. The van der Waals surface area contributed by atoms with Crippen LogP contribution in [-0.4, -0.2) is 13.7 Å². The molecule has 0 aliphatic heterocycles. The lowest BCUT2D eigenvalue weighted by molar-refractivity contribution is 0.268. The summed E-state index contributed by atoms with van der Waals surface area (Å²) < 4.78 is 12.8. The summed E-state index contributed by atoms with van der Waals surface area (Å²) in [4.78, 5) is 1.17. The van der Waals surface area contributed by atoms with E-state index in [1.165, 1.54) is 4.88 Å². The maximum Gasteiger partial charge on any atom is 0.166 e. The summed E-state index contributed by atoms with van der Waals surface area (Å²) in [6.45, 7) is 3.90. The molecule has 20 heavy (non-hydrogen) atoms. The van der Waals surface area contributed by atoms with Crippen LogP contribution in [0.25, 0.3) is 0 Å². The third-order valence-corrected chi connectivity index (χ3v) is 4.67. The number of halogens is 1. The minimum Gasteiger partial charge on any atom is -0.490 e. The van der Waals surface area contributed by atoms with E-state index in [-0.39, 0.29) is 0 Å².